The Kier molecular flexibility index (Phi) is 4.07. The Morgan fingerprint density at radius 1 is 1.57 bits per heavy atom. The zero-order valence-corrected chi connectivity index (χ0v) is 10.1. The highest BCUT2D eigenvalue weighted by Gasteiger charge is 1.99. The summed E-state index contributed by atoms with van der Waals surface area (Å²) in [7, 11) is 0. The van der Waals surface area contributed by atoms with Crippen LogP contribution in [0.5, 0.6) is 0 Å². The summed E-state index contributed by atoms with van der Waals surface area (Å²) < 4.78 is 0.909. The Morgan fingerprint density at radius 3 is 2.86 bits per heavy atom. The van der Waals surface area contributed by atoms with E-state index in [2.05, 4.69) is 44.7 Å². The molecule has 3 nitrogen and oxygen atoms in total. The summed E-state index contributed by atoms with van der Waals surface area (Å²) in [5.74, 6) is 1.65. The van der Waals surface area contributed by atoms with Gasteiger partial charge in [0.15, 0.2) is 0 Å². The normalized spacial score (nSPS) is 9.93. The van der Waals surface area contributed by atoms with Crippen molar-refractivity contribution >= 4 is 21.7 Å². The lowest BCUT2D eigenvalue weighted by Crippen LogP contribution is -2.05. The summed E-state index contributed by atoms with van der Waals surface area (Å²) in [5.41, 5.74) is 1.06. The van der Waals surface area contributed by atoms with Crippen LogP contribution < -0.4 is 5.32 Å². The molecule has 0 saturated heterocycles. The molecule has 0 aliphatic carbocycles. The van der Waals surface area contributed by atoms with E-state index in [1.54, 1.807) is 0 Å². The van der Waals surface area contributed by atoms with Crippen molar-refractivity contribution in [3.63, 3.8) is 0 Å². The fourth-order valence-corrected chi connectivity index (χ4v) is 1.23. The molecule has 76 valence electrons. The quantitative estimate of drug-likeness (QED) is 0.899. The van der Waals surface area contributed by atoms with Crippen LogP contribution in [0.2, 0.25) is 0 Å². The van der Waals surface area contributed by atoms with E-state index in [9.17, 15) is 0 Å². The topological polar surface area (TPSA) is 37.8 Å². The molecule has 0 aromatic carbocycles. The molecule has 1 aromatic rings. The molecule has 0 spiro atoms. The number of rotatable bonds is 4. The third-order valence-electron chi connectivity index (χ3n) is 1.71. The smallest absolute Gasteiger partial charge is 0.130 e. The van der Waals surface area contributed by atoms with Crippen LogP contribution in [0.4, 0.5) is 5.82 Å². The van der Waals surface area contributed by atoms with Crippen LogP contribution in [0, 0.1) is 6.92 Å². The first-order chi connectivity index (χ1) is 6.61. The molecule has 0 saturated carbocycles. The van der Waals surface area contributed by atoms with Crippen LogP contribution >= 0.6 is 15.9 Å². The molecule has 1 heterocycles. The van der Waals surface area contributed by atoms with Crippen LogP contribution in [0.25, 0.3) is 0 Å². The number of aromatic nitrogens is 2. The molecule has 0 aliphatic rings. The van der Waals surface area contributed by atoms with E-state index >= 15 is 0 Å². The monoisotopic (exact) mass is 255 g/mol. The van der Waals surface area contributed by atoms with Gasteiger partial charge in [0.2, 0.25) is 0 Å². The van der Waals surface area contributed by atoms with Crippen molar-refractivity contribution in [2.45, 2.75) is 20.3 Å². The van der Waals surface area contributed by atoms with Gasteiger partial charge in [-0.05, 0) is 13.3 Å². The maximum atomic E-state index is 4.29. The van der Waals surface area contributed by atoms with Crippen LogP contribution in [0.1, 0.15) is 18.4 Å². The first-order valence-electron chi connectivity index (χ1n) is 4.53. The third kappa shape index (κ3) is 3.46. The van der Waals surface area contributed by atoms with Crippen molar-refractivity contribution in [1.82, 2.24) is 9.97 Å². The van der Waals surface area contributed by atoms with Crippen molar-refractivity contribution in [2.24, 2.45) is 0 Å². The molecule has 0 aliphatic heterocycles. The Bertz CT molecular complexity index is 336. The largest absolute Gasteiger partial charge is 0.365 e. The Hall–Kier alpha value is -0.900. The minimum absolute atomic E-state index is 0.680. The molecule has 14 heavy (non-hydrogen) atoms. The van der Waals surface area contributed by atoms with E-state index in [0.717, 1.165) is 28.2 Å². The zero-order valence-electron chi connectivity index (χ0n) is 8.47. The van der Waals surface area contributed by atoms with Crippen LogP contribution in [0.3, 0.4) is 0 Å². The van der Waals surface area contributed by atoms with Crippen molar-refractivity contribution in [3.8, 4) is 0 Å². The number of nitrogens with zero attached hydrogens (tertiary/aromatic N) is 2. The van der Waals surface area contributed by atoms with E-state index in [0.29, 0.717) is 6.54 Å². The van der Waals surface area contributed by atoms with Gasteiger partial charge in [-0.15, -0.1) is 0 Å². The molecule has 1 aromatic heterocycles. The number of hydrogen-bond acceptors (Lipinski definition) is 3. The van der Waals surface area contributed by atoms with Gasteiger partial charge < -0.3 is 5.32 Å². The molecule has 4 heteroatoms. The highest BCUT2D eigenvalue weighted by atomic mass is 79.9. The van der Waals surface area contributed by atoms with Crippen LogP contribution in [0.15, 0.2) is 17.1 Å². The molecular weight excluding hydrogens is 242 g/mol. The number of nitrogens with one attached hydrogen (secondary N) is 1. The summed E-state index contributed by atoms with van der Waals surface area (Å²) >= 11 is 3.29. The van der Waals surface area contributed by atoms with Gasteiger partial charge in [0.05, 0.1) is 0 Å². The SMILES string of the molecule is C=C(Br)CNc1cc(CC)nc(C)n1. The summed E-state index contributed by atoms with van der Waals surface area (Å²) in [6.45, 7) is 8.40. The Labute approximate surface area is 92.8 Å². The highest BCUT2D eigenvalue weighted by molar-refractivity contribution is 9.11. The number of anilines is 1. The Balaban J connectivity index is 2.76. The average molecular weight is 256 g/mol. The summed E-state index contributed by atoms with van der Waals surface area (Å²) in [4.78, 5) is 8.56. The second-order valence-corrected chi connectivity index (χ2v) is 4.14. The molecular formula is C10H14BrN3. The van der Waals surface area contributed by atoms with E-state index in [1.807, 2.05) is 13.0 Å². The van der Waals surface area contributed by atoms with Gasteiger partial charge in [0.1, 0.15) is 11.6 Å². The fraction of sp³-hybridized carbons (Fsp3) is 0.400. The predicted octanol–water partition coefficient (Wildman–Crippen LogP) is 2.67. The molecule has 0 fully saturated rings. The lowest BCUT2D eigenvalue weighted by atomic mass is 10.3. The summed E-state index contributed by atoms with van der Waals surface area (Å²) in [6.07, 6.45) is 0.924. The first kappa shape index (κ1) is 11.2. The number of halogens is 1. The molecule has 1 N–H and O–H groups in total. The maximum Gasteiger partial charge on any atom is 0.130 e. The third-order valence-corrected chi connectivity index (χ3v) is 1.99. The predicted molar refractivity (Wildman–Crippen MR) is 62.7 cm³/mol. The second kappa shape index (κ2) is 5.10. The van der Waals surface area contributed by atoms with Gasteiger partial charge in [-0.2, -0.15) is 0 Å². The minimum Gasteiger partial charge on any atom is -0.365 e. The highest BCUT2D eigenvalue weighted by Crippen LogP contribution is 2.09. The summed E-state index contributed by atoms with van der Waals surface area (Å²) in [6, 6.07) is 1.96. The fourth-order valence-electron chi connectivity index (χ4n) is 1.09. The number of aryl methyl sites for hydroxylation is 2. The molecule has 0 radical (unpaired) electrons. The number of hydrogen-bond donors (Lipinski definition) is 1. The van der Waals surface area contributed by atoms with Crippen molar-refractivity contribution < 1.29 is 0 Å². The zero-order chi connectivity index (χ0) is 10.6. The van der Waals surface area contributed by atoms with Crippen molar-refractivity contribution in [1.29, 1.82) is 0 Å². The standard InChI is InChI=1S/C10H14BrN3/c1-4-9-5-10(12-6-7(2)11)14-8(3)13-9/h5H,2,4,6H2,1,3H3,(H,12,13,14). The van der Waals surface area contributed by atoms with Gasteiger partial charge in [-0.3, -0.25) is 0 Å². The van der Waals surface area contributed by atoms with Crippen LogP contribution in [-0.4, -0.2) is 16.5 Å². The van der Waals surface area contributed by atoms with Gasteiger partial charge in [-0.25, -0.2) is 9.97 Å². The molecule has 0 unspecified atom stereocenters. The molecule has 0 amide bonds. The lowest BCUT2D eigenvalue weighted by Gasteiger charge is -2.06. The van der Waals surface area contributed by atoms with Gasteiger partial charge >= 0.3 is 0 Å². The Morgan fingerprint density at radius 2 is 2.29 bits per heavy atom. The van der Waals surface area contributed by atoms with Gasteiger partial charge in [0, 0.05) is 22.8 Å². The maximum absolute atomic E-state index is 4.29. The van der Waals surface area contributed by atoms with Gasteiger partial charge in [-0.1, -0.05) is 29.4 Å². The molecule has 0 bridgehead atoms. The van der Waals surface area contributed by atoms with E-state index in [1.165, 1.54) is 0 Å². The van der Waals surface area contributed by atoms with Crippen molar-refractivity contribution in [2.75, 3.05) is 11.9 Å². The van der Waals surface area contributed by atoms with Crippen molar-refractivity contribution in [3.05, 3.63) is 28.6 Å². The average Bonchev–Trinajstić information content (AvgIpc) is 2.14. The van der Waals surface area contributed by atoms with Gasteiger partial charge in [0.25, 0.3) is 0 Å². The summed E-state index contributed by atoms with van der Waals surface area (Å²) in [5, 5.41) is 3.16. The first-order valence-corrected chi connectivity index (χ1v) is 5.33. The molecule has 0 atom stereocenters. The van der Waals surface area contributed by atoms with Crippen LogP contribution in [-0.2, 0) is 6.42 Å². The van der Waals surface area contributed by atoms with E-state index in [-0.39, 0.29) is 0 Å². The van der Waals surface area contributed by atoms with E-state index < -0.39 is 0 Å². The van der Waals surface area contributed by atoms with E-state index in [4.69, 9.17) is 0 Å². The lowest BCUT2D eigenvalue weighted by molar-refractivity contribution is 0.948. The molecule has 1 rings (SSSR count). The minimum atomic E-state index is 0.680. The second-order valence-electron chi connectivity index (χ2n) is 3.02.